The predicted molar refractivity (Wildman–Crippen MR) is 65.7 cm³/mol. The standard InChI is InChI=1S/C12H13ClN2O2/c1-8(16)7-12(17)9(2)14-15-11-5-3-10(13)4-6-11/h3-6,9H,7H2,1-2H3. The zero-order valence-corrected chi connectivity index (χ0v) is 10.4. The number of hydrogen-bond acceptors (Lipinski definition) is 4. The van der Waals surface area contributed by atoms with Crippen LogP contribution in [0.15, 0.2) is 34.5 Å². The summed E-state index contributed by atoms with van der Waals surface area (Å²) < 4.78 is 0. The lowest BCUT2D eigenvalue weighted by atomic mass is 10.1. The molecule has 0 aromatic heterocycles. The Bertz CT molecular complexity index is 440. The topological polar surface area (TPSA) is 58.9 Å². The number of carbonyl (C=O) groups excluding carboxylic acids is 2. The van der Waals surface area contributed by atoms with Crippen molar-refractivity contribution in [2.75, 3.05) is 0 Å². The molecule has 0 bridgehead atoms. The third-order valence-corrected chi connectivity index (χ3v) is 2.31. The van der Waals surface area contributed by atoms with Crippen LogP contribution < -0.4 is 0 Å². The number of hydrogen-bond donors (Lipinski definition) is 0. The zero-order chi connectivity index (χ0) is 12.8. The third kappa shape index (κ3) is 4.87. The lowest BCUT2D eigenvalue weighted by molar-refractivity contribution is -0.126. The summed E-state index contributed by atoms with van der Waals surface area (Å²) in [4.78, 5) is 22.2. The van der Waals surface area contributed by atoms with Gasteiger partial charge in [0.15, 0.2) is 5.78 Å². The summed E-state index contributed by atoms with van der Waals surface area (Å²) in [6.45, 7) is 2.99. The van der Waals surface area contributed by atoms with E-state index in [1.807, 2.05) is 0 Å². The molecule has 4 nitrogen and oxygen atoms in total. The lowest BCUT2D eigenvalue weighted by Crippen LogP contribution is -2.16. The molecule has 0 amide bonds. The average molecular weight is 253 g/mol. The molecule has 0 spiro atoms. The van der Waals surface area contributed by atoms with Gasteiger partial charge in [-0.3, -0.25) is 9.59 Å². The minimum atomic E-state index is -0.602. The zero-order valence-electron chi connectivity index (χ0n) is 9.68. The molecule has 0 radical (unpaired) electrons. The van der Waals surface area contributed by atoms with E-state index in [4.69, 9.17) is 11.6 Å². The largest absolute Gasteiger partial charge is 0.300 e. The molecule has 5 heteroatoms. The fourth-order valence-corrected chi connectivity index (χ4v) is 1.24. The molecule has 0 heterocycles. The Kier molecular flexibility index (Phi) is 4.97. The second kappa shape index (κ2) is 6.25. The summed E-state index contributed by atoms with van der Waals surface area (Å²) in [5.74, 6) is -0.390. The van der Waals surface area contributed by atoms with E-state index in [1.165, 1.54) is 6.92 Å². The van der Waals surface area contributed by atoms with Crippen molar-refractivity contribution in [2.45, 2.75) is 26.3 Å². The van der Waals surface area contributed by atoms with Gasteiger partial charge in [0.25, 0.3) is 0 Å². The van der Waals surface area contributed by atoms with E-state index in [2.05, 4.69) is 10.2 Å². The van der Waals surface area contributed by atoms with E-state index < -0.39 is 6.04 Å². The van der Waals surface area contributed by atoms with E-state index in [1.54, 1.807) is 31.2 Å². The van der Waals surface area contributed by atoms with Crippen molar-refractivity contribution < 1.29 is 9.59 Å². The molecule has 17 heavy (non-hydrogen) atoms. The number of azo groups is 1. The SMILES string of the molecule is CC(=O)CC(=O)C(C)N=Nc1ccc(Cl)cc1. The number of rotatable bonds is 5. The molecular formula is C12H13ClN2O2. The molecular weight excluding hydrogens is 240 g/mol. The summed E-state index contributed by atoms with van der Waals surface area (Å²) in [6.07, 6.45) is -0.0964. The number of benzene rings is 1. The minimum Gasteiger partial charge on any atom is -0.300 e. The second-order valence-electron chi connectivity index (χ2n) is 3.71. The molecule has 0 aliphatic heterocycles. The fraction of sp³-hybridized carbons (Fsp3) is 0.333. The van der Waals surface area contributed by atoms with Crippen LogP contribution >= 0.6 is 11.6 Å². The molecule has 0 fully saturated rings. The Morgan fingerprint density at radius 2 is 1.88 bits per heavy atom. The van der Waals surface area contributed by atoms with Crippen LogP contribution in [0.4, 0.5) is 5.69 Å². The molecule has 0 aliphatic rings. The molecule has 0 saturated carbocycles. The molecule has 1 rings (SSSR count). The van der Waals surface area contributed by atoms with Crippen LogP contribution in [0.2, 0.25) is 5.02 Å². The third-order valence-electron chi connectivity index (χ3n) is 2.06. The highest BCUT2D eigenvalue weighted by atomic mass is 35.5. The fourth-order valence-electron chi connectivity index (χ4n) is 1.12. The normalized spacial score (nSPS) is 12.6. The summed E-state index contributed by atoms with van der Waals surface area (Å²) in [6, 6.07) is 6.19. The van der Waals surface area contributed by atoms with Crippen LogP contribution in [0.25, 0.3) is 0 Å². The van der Waals surface area contributed by atoms with Gasteiger partial charge in [0.05, 0.1) is 12.1 Å². The van der Waals surface area contributed by atoms with Gasteiger partial charge >= 0.3 is 0 Å². The van der Waals surface area contributed by atoms with Crippen LogP contribution in [0.1, 0.15) is 20.3 Å². The Morgan fingerprint density at radius 1 is 1.29 bits per heavy atom. The Balaban J connectivity index is 2.61. The maximum absolute atomic E-state index is 11.4. The van der Waals surface area contributed by atoms with Gasteiger partial charge in [-0.05, 0) is 38.1 Å². The van der Waals surface area contributed by atoms with Crippen LogP contribution in [-0.2, 0) is 9.59 Å². The molecule has 0 saturated heterocycles. The Labute approximate surface area is 105 Å². The van der Waals surface area contributed by atoms with Crippen LogP contribution in [0.3, 0.4) is 0 Å². The summed E-state index contributed by atoms with van der Waals surface area (Å²) in [5, 5.41) is 8.38. The van der Waals surface area contributed by atoms with E-state index in [0.29, 0.717) is 10.7 Å². The van der Waals surface area contributed by atoms with Gasteiger partial charge in [0.2, 0.25) is 0 Å². The van der Waals surface area contributed by atoms with Crippen molar-refractivity contribution in [1.82, 2.24) is 0 Å². The van der Waals surface area contributed by atoms with E-state index in [-0.39, 0.29) is 18.0 Å². The first-order valence-electron chi connectivity index (χ1n) is 5.17. The number of halogens is 1. The van der Waals surface area contributed by atoms with Crippen LogP contribution in [-0.4, -0.2) is 17.6 Å². The first kappa shape index (κ1) is 13.5. The highest BCUT2D eigenvalue weighted by Gasteiger charge is 2.13. The smallest absolute Gasteiger partial charge is 0.166 e. The summed E-state index contributed by atoms with van der Waals surface area (Å²) >= 11 is 5.72. The van der Waals surface area contributed by atoms with Crippen molar-refractivity contribution >= 4 is 28.9 Å². The molecule has 1 aromatic rings. The Morgan fingerprint density at radius 3 is 2.41 bits per heavy atom. The Hall–Kier alpha value is -1.55. The van der Waals surface area contributed by atoms with Gasteiger partial charge in [0, 0.05) is 5.02 Å². The van der Waals surface area contributed by atoms with Crippen molar-refractivity contribution in [1.29, 1.82) is 0 Å². The maximum Gasteiger partial charge on any atom is 0.166 e. The lowest BCUT2D eigenvalue weighted by Gasteiger charge is -2.01. The monoisotopic (exact) mass is 252 g/mol. The van der Waals surface area contributed by atoms with Crippen molar-refractivity contribution in [3.05, 3.63) is 29.3 Å². The number of carbonyl (C=O) groups is 2. The van der Waals surface area contributed by atoms with Crippen molar-refractivity contribution in [3.8, 4) is 0 Å². The molecule has 90 valence electrons. The summed E-state index contributed by atoms with van der Waals surface area (Å²) in [7, 11) is 0. The van der Waals surface area contributed by atoms with Gasteiger partial charge < -0.3 is 0 Å². The molecule has 1 atom stereocenters. The molecule has 1 aromatic carbocycles. The molecule has 1 unspecified atom stereocenters. The molecule has 0 aliphatic carbocycles. The first-order valence-corrected chi connectivity index (χ1v) is 5.55. The maximum atomic E-state index is 11.4. The number of Topliss-reactive ketones (excluding diaryl/α,β-unsaturated/α-hetero) is 2. The van der Waals surface area contributed by atoms with Gasteiger partial charge in [-0.2, -0.15) is 10.2 Å². The number of ketones is 2. The van der Waals surface area contributed by atoms with Gasteiger partial charge in [-0.15, -0.1) is 0 Å². The van der Waals surface area contributed by atoms with Crippen LogP contribution in [0, 0.1) is 0 Å². The average Bonchev–Trinajstić information content (AvgIpc) is 2.27. The number of nitrogens with zero attached hydrogens (tertiary/aromatic N) is 2. The second-order valence-corrected chi connectivity index (χ2v) is 4.15. The van der Waals surface area contributed by atoms with Crippen LogP contribution in [0.5, 0.6) is 0 Å². The quantitative estimate of drug-likeness (QED) is 0.596. The first-order chi connectivity index (χ1) is 7.99. The van der Waals surface area contributed by atoms with E-state index >= 15 is 0 Å². The van der Waals surface area contributed by atoms with Crippen molar-refractivity contribution in [3.63, 3.8) is 0 Å². The van der Waals surface area contributed by atoms with E-state index in [9.17, 15) is 9.59 Å². The van der Waals surface area contributed by atoms with Gasteiger partial charge in [-0.25, -0.2) is 0 Å². The molecule has 0 N–H and O–H groups in total. The highest BCUT2D eigenvalue weighted by Crippen LogP contribution is 2.17. The highest BCUT2D eigenvalue weighted by molar-refractivity contribution is 6.30. The van der Waals surface area contributed by atoms with E-state index in [0.717, 1.165) is 0 Å². The predicted octanol–water partition coefficient (Wildman–Crippen LogP) is 3.36. The minimum absolute atomic E-state index is 0.0964. The van der Waals surface area contributed by atoms with Gasteiger partial charge in [0.1, 0.15) is 11.8 Å². The van der Waals surface area contributed by atoms with Gasteiger partial charge in [-0.1, -0.05) is 11.6 Å². The van der Waals surface area contributed by atoms with Crippen molar-refractivity contribution in [2.24, 2.45) is 10.2 Å². The summed E-state index contributed by atoms with van der Waals surface area (Å²) in [5.41, 5.74) is 0.622.